The summed E-state index contributed by atoms with van der Waals surface area (Å²) in [4.78, 5) is 0. The largest absolute Gasteiger partial charge is 0.394 e. The summed E-state index contributed by atoms with van der Waals surface area (Å²) in [5.41, 5.74) is 11.9. The van der Waals surface area contributed by atoms with Gasteiger partial charge in [-0.15, -0.1) is 17.1 Å². The number of hydrazine groups is 2. The molecule has 0 aromatic rings. The van der Waals surface area contributed by atoms with Crippen LogP contribution in [0.1, 0.15) is 0 Å². The monoisotopic (exact) mass is 324 g/mol. The Bertz CT molecular complexity index is 375. The maximum atomic E-state index is 10.3. The Morgan fingerprint density at radius 3 is 2.76 bits per heavy atom. The van der Waals surface area contributed by atoms with Gasteiger partial charge in [-0.1, -0.05) is 0 Å². The first kappa shape index (κ1) is 16.7. The van der Waals surface area contributed by atoms with Crippen LogP contribution < -0.4 is 16.7 Å². The lowest BCUT2D eigenvalue weighted by Gasteiger charge is -2.45. The van der Waals surface area contributed by atoms with Gasteiger partial charge in [-0.05, 0) is 0 Å². The van der Waals surface area contributed by atoms with Gasteiger partial charge >= 0.3 is 0 Å². The Kier molecular flexibility index (Phi) is 6.02. The van der Waals surface area contributed by atoms with Gasteiger partial charge in [0.05, 0.1) is 18.9 Å². The predicted molar refractivity (Wildman–Crippen MR) is 73.5 cm³/mol. The van der Waals surface area contributed by atoms with Crippen molar-refractivity contribution < 1.29 is 24.8 Å². The molecule has 4 unspecified atom stereocenters. The lowest BCUT2D eigenvalue weighted by atomic mass is 9.96. The molecule has 5 atom stereocenters. The quantitative estimate of drug-likeness (QED) is 0.286. The molecule has 0 saturated carbocycles. The third-order valence-corrected chi connectivity index (χ3v) is 3.54. The number of nitrogens with zero attached hydrogens (tertiary/aromatic N) is 1. The molecule has 10 heteroatoms. The van der Waals surface area contributed by atoms with E-state index in [1.54, 1.807) is 6.20 Å². The van der Waals surface area contributed by atoms with E-state index in [4.69, 9.17) is 26.8 Å². The lowest BCUT2D eigenvalue weighted by molar-refractivity contribution is -0.286. The molecule has 2 aliphatic rings. The van der Waals surface area contributed by atoms with E-state index in [0.29, 0.717) is 5.70 Å². The van der Waals surface area contributed by atoms with Crippen LogP contribution in [0, 0.1) is 0 Å². The molecule has 9 nitrogen and oxygen atoms in total. The number of nitrogens with one attached hydrogen (secondary N) is 2. The number of alkyl halides is 1. The van der Waals surface area contributed by atoms with Gasteiger partial charge < -0.3 is 36.0 Å². The Morgan fingerprint density at radius 1 is 1.43 bits per heavy atom. The van der Waals surface area contributed by atoms with Crippen molar-refractivity contribution in [1.29, 1.82) is 0 Å². The zero-order chi connectivity index (χ0) is 15.4. The zero-order valence-corrected chi connectivity index (χ0v) is 12.1. The van der Waals surface area contributed by atoms with E-state index in [-0.39, 0.29) is 19.0 Å². The van der Waals surface area contributed by atoms with Crippen LogP contribution in [0.25, 0.3) is 0 Å². The minimum absolute atomic E-state index is 0.207. The van der Waals surface area contributed by atoms with Crippen LogP contribution in [0.15, 0.2) is 11.9 Å². The molecule has 0 aliphatic carbocycles. The zero-order valence-electron chi connectivity index (χ0n) is 11.4. The highest BCUT2D eigenvalue weighted by Crippen LogP contribution is 2.26. The Labute approximate surface area is 127 Å². The molecule has 122 valence electrons. The minimum Gasteiger partial charge on any atom is -0.394 e. The third kappa shape index (κ3) is 3.58. The molecule has 0 bridgehead atoms. The fraction of sp³-hybridized carbons (Fsp3) is 0.818. The summed E-state index contributed by atoms with van der Waals surface area (Å²) in [6, 6.07) is -0.734. The molecule has 7 N–H and O–H groups in total. The summed E-state index contributed by atoms with van der Waals surface area (Å²) in [7, 11) is 0. The molecule has 1 saturated heterocycles. The van der Waals surface area contributed by atoms with Crippen molar-refractivity contribution in [3.05, 3.63) is 11.9 Å². The minimum atomic E-state index is -1.24. The lowest BCUT2D eigenvalue weighted by Crippen LogP contribution is -2.65. The molecule has 2 heterocycles. The van der Waals surface area contributed by atoms with Crippen LogP contribution in [0.3, 0.4) is 0 Å². The van der Waals surface area contributed by atoms with Crippen molar-refractivity contribution in [2.24, 2.45) is 5.73 Å². The van der Waals surface area contributed by atoms with E-state index in [2.05, 4.69) is 11.0 Å². The first-order valence-electron chi connectivity index (χ1n) is 6.63. The van der Waals surface area contributed by atoms with Gasteiger partial charge in [0.2, 0.25) is 0 Å². The normalized spacial score (nSPS) is 36.5. The van der Waals surface area contributed by atoms with Crippen LogP contribution in [0.5, 0.6) is 0 Å². The summed E-state index contributed by atoms with van der Waals surface area (Å²) in [6.07, 6.45) is -2.58. The van der Waals surface area contributed by atoms with E-state index >= 15 is 0 Å². The maximum absolute atomic E-state index is 10.3. The van der Waals surface area contributed by atoms with Crippen LogP contribution >= 0.6 is 11.6 Å². The fourth-order valence-corrected chi connectivity index (χ4v) is 2.38. The Balaban J connectivity index is 2.15. The average molecular weight is 325 g/mol. The summed E-state index contributed by atoms with van der Waals surface area (Å²) in [6.45, 7) is 0.0574. The van der Waals surface area contributed by atoms with Crippen LogP contribution in [-0.4, -0.2) is 76.6 Å². The van der Waals surface area contributed by atoms with Gasteiger partial charge in [0.15, 0.2) is 6.29 Å². The summed E-state index contributed by atoms with van der Waals surface area (Å²) in [5, 5.41) is 31.0. The maximum Gasteiger partial charge on any atom is 0.182 e. The summed E-state index contributed by atoms with van der Waals surface area (Å²) >= 11 is 5.60. The number of ether oxygens (including phenoxy) is 2. The van der Waals surface area contributed by atoms with Crippen molar-refractivity contribution >= 4 is 11.6 Å². The average Bonchev–Trinajstić information content (AvgIpc) is 2.96. The van der Waals surface area contributed by atoms with Crippen LogP contribution in [-0.2, 0) is 9.47 Å². The van der Waals surface area contributed by atoms with E-state index in [9.17, 15) is 15.3 Å². The standard InChI is InChI=1S/C11H21ClN4O5/c12-1-2-20-11-8(16-4-6(3-13)14-15-16)10(19)9(18)7(5-17)21-11/h4,7-11,14-15,17-19H,1-3,5,13H2/t7?,8?,9?,10-,11?/m1/s1. The second kappa shape index (κ2) is 7.56. The highest BCUT2D eigenvalue weighted by atomic mass is 35.5. The van der Waals surface area contributed by atoms with Crippen molar-refractivity contribution in [1.82, 2.24) is 16.0 Å². The van der Waals surface area contributed by atoms with Crippen molar-refractivity contribution in [2.45, 2.75) is 30.6 Å². The predicted octanol–water partition coefficient (Wildman–Crippen LogP) is -2.83. The molecule has 21 heavy (non-hydrogen) atoms. The fourth-order valence-electron chi connectivity index (χ4n) is 2.29. The molecule has 0 aromatic carbocycles. The molecule has 0 spiro atoms. The van der Waals surface area contributed by atoms with Crippen molar-refractivity contribution in [3.63, 3.8) is 0 Å². The smallest absolute Gasteiger partial charge is 0.182 e. The van der Waals surface area contributed by atoms with Crippen LogP contribution in [0.2, 0.25) is 0 Å². The summed E-state index contributed by atoms with van der Waals surface area (Å²) in [5.74, 6) is 0.255. The summed E-state index contributed by atoms with van der Waals surface area (Å²) < 4.78 is 11.0. The van der Waals surface area contributed by atoms with Crippen LogP contribution in [0.4, 0.5) is 0 Å². The third-order valence-electron chi connectivity index (χ3n) is 3.39. The first-order chi connectivity index (χ1) is 10.1. The van der Waals surface area contributed by atoms with Gasteiger partial charge in [0.1, 0.15) is 24.4 Å². The molecule has 2 rings (SSSR count). The number of aliphatic hydroxyl groups is 3. The number of rotatable bonds is 6. The number of hydrogen-bond donors (Lipinski definition) is 6. The number of halogens is 1. The molecule has 1 fully saturated rings. The van der Waals surface area contributed by atoms with E-state index in [1.165, 1.54) is 5.01 Å². The number of nitrogens with two attached hydrogens (primary N) is 1. The van der Waals surface area contributed by atoms with Gasteiger partial charge in [0.25, 0.3) is 0 Å². The molecule has 0 amide bonds. The first-order valence-corrected chi connectivity index (χ1v) is 7.16. The van der Waals surface area contributed by atoms with E-state index < -0.39 is 37.3 Å². The molecule has 0 radical (unpaired) electrons. The van der Waals surface area contributed by atoms with E-state index in [0.717, 1.165) is 0 Å². The highest BCUT2D eigenvalue weighted by molar-refractivity contribution is 6.17. The molecular weight excluding hydrogens is 304 g/mol. The second-order valence-electron chi connectivity index (χ2n) is 4.76. The molecule has 0 aromatic heterocycles. The molecule has 2 aliphatic heterocycles. The van der Waals surface area contributed by atoms with Gasteiger partial charge in [0, 0.05) is 18.6 Å². The van der Waals surface area contributed by atoms with Gasteiger partial charge in [-0.25, -0.2) is 0 Å². The van der Waals surface area contributed by atoms with Gasteiger partial charge in [-0.2, -0.15) is 0 Å². The number of hydrogen-bond acceptors (Lipinski definition) is 9. The topological polar surface area (TPSA) is 132 Å². The van der Waals surface area contributed by atoms with Crippen molar-refractivity contribution in [3.8, 4) is 0 Å². The Morgan fingerprint density at radius 2 is 2.19 bits per heavy atom. The SMILES string of the molecule is NCC1=CN(C2C(OCCCl)OC(CO)C(O)[C@@H]2O)NN1. The number of aliphatic hydroxyl groups excluding tert-OH is 3. The van der Waals surface area contributed by atoms with Gasteiger partial charge in [-0.3, -0.25) is 5.01 Å². The second-order valence-corrected chi connectivity index (χ2v) is 5.14. The molecular formula is C11H21ClN4O5. The van der Waals surface area contributed by atoms with Crippen molar-refractivity contribution in [2.75, 3.05) is 25.6 Å². The Hall–Kier alpha value is -0.650. The highest BCUT2D eigenvalue weighted by Gasteiger charge is 2.48. The van der Waals surface area contributed by atoms with E-state index in [1.807, 2.05) is 0 Å².